The van der Waals surface area contributed by atoms with Crippen LogP contribution in [0.1, 0.15) is 16.1 Å². The van der Waals surface area contributed by atoms with Crippen molar-refractivity contribution in [2.75, 3.05) is 13.7 Å². The second-order valence-electron chi connectivity index (χ2n) is 5.46. The lowest BCUT2D eigenvalue weighted by Gasteiger charge is -2.12. The number of alkyl halides is 3. The average molecular weight is 393 g/mol. The van der Waals surface area contributed by atoms with Crippen LogP contribution in [-0.4, -0.2) is 40.5 Å². The van der Waals surface area contributed by atoms with Crippen LogP contribution in [0, 0.1) is 0 Å². The number of hydrogen-bond acceptors (Lipinski definition) is 6. The van der Waals surface area contributed by atoms with Gasteiger partial charge in [-0.2, -0.15) is 18.3 Å². The number of hydrogen-bond donors (Lipinski definition) is 0. The van der Waals surface area contributed by atoms with Crippen molar-refractivity contribution in [1.82, 2.24) is 14.6 Å². The van der Waals surface area contributed by atoms with Gasteiger partial charge in [0.05, 0.1) is 12.6 Å². The molecule has 0 atom stereocenters. The van der Waals surface area contributed by atoms with Gasteiger partial charge in [0.15, 0.2) is 18.1 Å². The second kappa shape index (κ2) is 7.59. The minimum atomic E-state index is -4.49. The highest BCUT2D eigenvalue weighted by molar-refractivity contribution is 5.95. The Labute approximate surface area is 157 Å². The summed E-state index contributed by atoms with van der Waals surface area (Å²) < 4.78 is 53.7. The number of aromatic nitrogens is 3. The number of carbonyl (C=O) groups is 1. The Morgan fingerprint density at radius 2 is 2.14 bits per heavy atom. The predicted octanol–water partition coefficient (Wildman–Crippen LogP) is 3.89. The highest BCUT2D eigenvalue weighted by Crippen LogP contribution is 2.31. The lowest BCUT2D eigenvalue weighted by Crippen LogP contribution is -2.19. The highest BCUT2D eigenvalue weighted by atomic mass is 19.4. The number of methoxy groups -OCH3 is 1. The van der Waals surface area contributed by atoms with Crippen molar-refractivity contribution in [2.24, 2.45) is 0 Å². The van der Waals surface area contributed by atoms with Crippen LogP contribution < -0.4 is 9.47 Å². The molecule has 3 rings (SSSR count). The molecule has 0 fully saturated rings. The smallest absolute Gasteiger partial charge is 0.422 e. The topological polar surface area (TPSA) is 75.0 Å². The number of pyridine rings is 2. The molecular weight excluding hydrogens is 379 g/mol. The Morgan fingerprint density at radius 1 is 1.36 bits per heavy atom. The van der Waals surface area contributed by atoms with Gasteiger partial charge in [-0.05, 0) is 18.2 Å². The van der Waals surface area contributed by atoms with Crippen molar-refractivity contribution in [3.8, 4) is 17.4 Å². The summed E-state index contributed by atoms with van der Waals surface area (Å²) in [6.45, 7) is 2.19. The molecule has 0 amide bonds. The maximum absolute atomic E-state index is 12.4. The Kier molecular flexibility index (Phi) is 5.21. The summed E-state index contributed by atoms with van der Waals surface area (Å²) in [6, 6.07) is 5.79. The maximum Gasteiger partial charge on any atom is 0.422 e. The third-order valence-electron chi connectivity index (χ3n) is 3.57. The molecule has 0 aliphatic rings. The van der Waals surface area contributed by atoms with Crippen molar-refractivity contribution in [3.63, 3.8) is 0 Å². The molecule has 3 heterocycles. The van der Waals surface area contributed by atoms with Crippen LogP contribution in [0.2, 0.25) is 0 Å². The fourth-order valence-corrected chi connectivity index (χ4v) is 2.39. The first-order valence-corrected chi connectivity index (χ1v) is 7.88. The van der Waals surface area contributed by atoms with Crippen LogP contribution in [0.4, 0.5) is 13.2 Å². The Balaban J connectivity index is 1.93. The van der Waals surface area contributed by atoms with Crippen molar-refractivity contribution >= 4 is 17.6 Å². The van der Waals surface area contributed by atoms with Gasteiger partial charge in [-0.25, -0.2) is 14.3 Å². The van der Waals surface area contributed by atoms with E-state index in [0.29, 0.717) is 11.1 Å². The van der Waals surface area contributed by atoms with Crippen molar-refractivity contribution < 1.29 is 32.2 Å². The second-order valence-corrected chi connectivity index (χ2v) is 5.46. The largest absolute Gasteiger partial charge is 0.478 e. The van der Waals surface area contributed by atoms with Gasteiger partial charge in [-0.1, -0.05) is 12.7 Å². The lowest BCUT2D eigenvalue weighted by atomic mass is 10.2. The Morgan fingerprint density at radius 3 is 2.82 bits per heavy atom. The molecule has 3 aromatic heterocycles. The van der Waals surface area contributed by atoms with Gasteiger partial charge in [0, 0.05) is 24.0 Å². The van der Waals surface area contributed by atoms with E-state index in [4.69, 9.17) is 14.2 Å². The van der Waals surface area contributed by atoms with E-state index in [0.717, 1.165) is 0 Å². The molecule has 7 nitrogen and oxygen atoms in total. The molecule has 0 aliphatic heterocycles. The van der Waals surface area contributed by atoms with Gasteiger partial charge >= 0.3 is 12.1 Å². The molecule has 3 aromatic rings. The van der Waals surface area contributed by atoms with E-state index in [-0.39, 0.29) is 23.1 Å². The molecule has 0 spiro atoms. The molecule has 0 aliphatic carbocycles. The van der Waals surface area contributed by atoms with E-state index in [1.165, 1.54) is 48.3 Å². The first-order valence-electron chi connectivity index (χ1n) is 7.88. The zero-order chi connectivity index (χ0) is 20.3. The van der Waals surface area contributed by atoms with Crippen molar-refractivity contribution in [2.45, 2.75) is 6.18 Å². The van der Waals surface area contributed by atoms with Crippen LogP contribution in [0.25, 0.3) is 11.6 Å². The molecule has 0 bridgehead atoms. The molecule has 0 radical (unpaired) electrons. The summed E-state index contributed by atoms with van der Waals surface area (Å²) in [6.07, 6.45) is -0.176. The molecule has 28 heavy (non-hydrogen) atoms. The summed E-state index contributed by atoms with van der Waals surface area (Å²) in [4.78, 5) is 15.8. The normalized spacial score (nSPS) is 11.3. The summed E-state index contributed by atoms with van der Waals surface area (Å²) in [7, 11) is 1.23. The van der Waals surface area contributed by atoms with Gasteiger partial charge in [0.1, 0.15) is 5.75 Å². The zero-order valence-corrected chi connectivity index (χ0v) is 14.6. The number of halogens is 3. The summed E-state index contributed by atoms with van der Waals surface area (Å²) in [5.41, 5.74) is 0.982. The standard InChI is InChI=1S/C18H14F3N3O4/c1-3-12-13-9-11(6-8-24(13)23-15(12)17(25)26-2)28-16-14(5-4-7-22-16)27-10-18(19,20)21/h3-9H,1,10H2,2H3. The summed E-state index contributed by atoms with van der Waals surface area (Å²) >= 11 is 0. The Bertz CT molecular complexity index is 1030. The zero-order valence-electron chi connectivity index (χ0n) is 14.6. The molecule has 0 saturated carbocycles. The third-order valence-corrected chi connectivity index (χ3v) is 3.57. The fourth-order valence-electron chi connectivity index (χ4n) is 2.39. The molecular formula is C18H14F3N3O4. The van der Waals surface area contributed by atoms with E-state index >= 15 is 0 Å². The van der Waals surface area contributed by atoms with Crippen molar-refractivity contribution in [1.29, 1.82) is 0 Å². The van der Waals surface area contributed by atoms with Gasteiger partial charge in [0.25, 0.3) is 5.88 Å². The Hall–Kier alpha value is -3.56. The monoisotopic (exact) mass is 393 g/mol. The van der Waals surface area contributed by atoms with Crippen LogP contribution in [0.5, 0.6) is 17.4 Å². The maximum atomic E-state index is 12.4. The fraction of sp³-hybridized carbons (Fsp3) is 0.167. The molecule has 0 N–H and O–H groups in total. The average Bonchev–Trinajstić information content (AvgIpc) is 3.04. The lowest BCUT2D eigenvalue weighted by molar-refractivity contribution is -0.153. The van der Waals surface area contributed by atoms with E-state index in [9.17, 15) is 18.0 Å². The number of nitrogens with zero attached hydrogens (tertiary/aromatic N) is 3. The number of rotatable bonds is 6. The minimum Gasteiger partial charge on any atom is -0.478 e. The van der Waals surface area contributed by atoms with Gasteiger partial charge in [-0.15, -0.1) is 0 Å². The highest BCUT2D eigenvalue weighted by Gasteiger charge is 2.29. The first-order chi connectivity index (χ1) is 13.3. The van der Waals surface area contributed by atoms with Gasteiger partial charge in [-0.3, -0.25) is 0 Å². The first kappa shape index (κ1) is 19.2. The number of ether oxygens (including phenoxy) is 3. The van der Waals surface area contributed by atoms with Crippen LogP contribution in [-0.2, 0) is 4.74 Å². The SMILES string of the molecule is C=Cc1c(C(=O)OC)nn2ccc(Oc3ncccc3OCC(F)(F)F)cc12. The summed E-state index contributed by atoms with van der Waals surface area (Å²) in [5.74, 6) is -0.674. The predicted molar refractivity (Wildman–Crippen MR) is 92.5 cm³/mol. The van der Waals surface area contributed by atoms with Crippen LogP contribution >= 0.6 is 0 Å². The quantitative estimate of drug-likeness (QED) is 0.592. The number of carbonyl (C=O) groups excluding carboxylic acids is 1. The number of esters is 1. The third kappa shape index (κ3) is 4.05. The molecule has 146 valence electrons. The van der Waals surface area contributed by atoms with E-state index in [1.807, 2.05) is 0 Å². The van der Waals surface area contributed by atoms with Crippen LogP contribution in [0.15, 0.2) is 43.2 Å². The molecule has 10 heteroatoms. The van der Waals surface area contributed by atoms with E-state index < -0.39 is 18.8 Å². The molecule has 0 unspecified atom stereocenters. The van der Waals surface area contributed by atoms with Gasteiger partial charge < -0.3 is 14.2 Å². The van der Waals surface area contributed by atoms with Gasteiger partial charge in [0.2, 0.25) is 0 Å². The molecule has 0 aromatic carbocycles. The van der Waals surface area contributed by atoms with Crippen LogP contribution in [0.3, 0.4) is 0 Å². The van der Waals surface area contributed by atoms with Crippen molar-refractivity contribution in [3.05, 3.63) is 54.5 Å². The van der Waals surface area contributed by atoms with E-state index in [1.54, 1.807) is 6.07 Å². The minimum absolute atomic E-state index is 0.0710. The van der Waals surface area contributed by atoms with E-state index in [2.05, 4.69) is 16.7 Å². The molecule has 0 saturated heterocycles. The summed E-state index contributed by atoms with van der Waals surface area (Å²) in [5, 5.41) is 4.13. The number of fused-ring (bicyclic) bond motifs is 1.